The summed E-state index contributed by atoms with van der Waals surface area (Å²) in [5.41, 5.74) is 7.17. The van der Waals surface area contributed by atoms with Crippen molar-refractivity contribution < 1.29 is 9.90 Å². The lowest BCUT2D eigenvalue weighted by Gasteiger charge is -2.29. The molecular weight excluding hydrogens is 424 g/mol. The van der Waals surface area contributed by atoms with Crippen LogP contribution in [0.1, 0.15) is 52.4 Å². The van der Waals surface area contributed by atoms with Crippen molar-refractivity contribution >= 4 is 23.0 Å². The van der Waals surface area contributed by atoms with E-state index in [-0.39, 0.29) is 11.6 Å². The summed E-state index contributed by atoms with van der Waals surface area (Å²) in [6, 6.07) is 17.3. The molecular formula is C28H32N4O2. The van der Waals surface area contributed by atoms with Crippen LogP contribution in [0.5, 0.6) is 0 Å². The van der Waals surface area contributed by atoms with Crippen molar-refractivity contribution in [2.75, 3.05) is 30.4 Å². The number of nitrogens with one attached hydrogen (secondary N) is 2. The maximum Gasteiger partial charge on any atom is 0.337 e. The monoisotopic (exact) mass is 456 g/mol. The number of carbonyl (C=O) groups is 1. The van der Waals surface area contributed by atoms with E-state index in [1.54, 1.807) is 6.20 Å². The highest BCUT2D eigenvalue weighted by atomic mass is 16.4. The number of carboxylic acid groups (broad SMARTS) is 1. The summed E-state index contributed by atoms with van der Waals surface area (Å²) in [5.74, 6) is 0.0143. The van der Waals surface area contributed by atoms with Gasteiger partial charge in [0.1, 0.15) is 0 Å². The summed E-state index contributed by atoms with van der Waals surface area (Å²) < 4.78 is 0. The molecule has 0 spiro atoms. The van der Waals surface area contributed by atoms with Gasteiger partial charge in [-0.2, -0.15) is 0 Å². The molecule has 1 saturated carbocycles. The Balaban J connectivity index is 1.27. The van der Waals surface area contributed by atoms with E-state index in [2.05, 4.69) is 70.0 Å². The molecule has 6 nitrogen and oxygen atoms in total. The predicted molar refractivity (Wildman–Crippen MR) is 136 cm³/mol. The zero-order chi connectivity index (χ0) is 23.5. The summed E-state index contributed by atoms with van der Waals surface area (Å²) in [6.45, 7) is 1.48. The summed E-state index contributed by atoms with van der Waals surface area (Å²) in [6.07, 6.45) is 9.38. The quantitative estimate of drug-likeness (QED) is 0.411. The molecule has 1 aromatic heterocycles. The van der Waals surface area contributed by atoms with Gasteiger partial charge in [-0.25, -0.2) is 4.79 Å². The molecule has 1 aliphatic carbocycles. The first-order valence-corrected chi connectivity index (χ1v) is 12.2. The molecule has 6 heteroatoms. The fourth-order valence-corrected chi connectivity index (χ4v) is 4.78. The van der Waals surface area contributed by atoms with E-state index in [0.717, 1.165) is 18.9 Å². The Kier molecular flexibility index (Phi) is 6.50. The Morgan fingerprint density at radius 3 is 2.71 bits per heavy atom. The fraction of sp³-hybridized carbons (Fsp3) is 0.357. The average molecular weight is 457 g/mol. The molecule has 5 rings (SSSR count). The largest absolute Gasteiger partial charge is 0.478 e. The molecule has 1 aliphatic heterocycles. The molecule has 0 saturated heterocycles. The van der Waals surface area contributed by atoms with Crippen LogP contribution < -0.4 is 15.5 Å². The molecule has 0 unspecified atom stereocenters. The number of rotatable bonds is 9. The maximum absolute atomic E-state index is 11.5. The van der Waals surface area contributed by atoms with Crippen LogP contribution in [-0.2, 0) is 12.8 Å². The van der Waals surface area contributed by atoms with E-state index in [1.807, 2.05) is 0 Å². The molecule has 3 N–H and O–H groups in total. The molecule has 1 fully saturated rings. The van der Waals surface area contributed by atoms with Crippen molar-refractivity contribution in [1.29, 1.82) is 0 Å². The Morgan fingerprint density at radius 1 is 1.15 bits per heavy atom. The number of anilines is 3. The topological polar surface area (TPSA) is 77.5 Å². The summed E-state index contributed by atoms with van der Waals surface area (Å²) >= 11 is 0. The van der Waals surface area contributed by atoms with Crippen LogP contribution in [-0.4, -0.2) is 36.2 Å². The van der Waals surface area contributed by atoms with Gasteiger partial charge in [0.05, 0.1) is 17.4 Å². The fourth-order valence-electron chi connectivity index (χ4n) is 4.78. The van der Waals surface area contributed by atoms with Gasteiger partial charge in [0, 0.05) is 37.2 Å². The lowest BCUT2D eigenvalue weighted by Crippen LogP contribution is -2.34. The zero-order valence-corrected chi connectivity index (χ0v) is 19.6. The standard InChI is InChI=1S/C28H32N4O2/c1-32(22-8-6-20(7-9-22)5-4-19-2-3-19)23-10-11-24-21(16-23)12-15-30-27(24)18-31-26-17-29-14-13-25(26)28(33)34/h6-11,13-14,16-17,19,27,30-31H,2-5,12,15,18H2,1H3,(H,33,34)/t27-/m1/s1. The number of fused-ring (bicyclic) bond motifs is 1. The first kappa shape index (κ1) is 22.4. The van der Waals surface area contributed by atoms with Crippen molar-refractivity contribution in [3.8, 4) is 0 Å². The third-order valence-corrected chi connectivity index (χ3v) is 7.08. The van der Waals surface area contributed by atoms with Gasteiger partial charge in [-0.1, -0.05) is 31.0 Å². The summed E-state index contributed by atoms with van der Waals surface area (Å²) in [4.78, 5) is 17.8. The SMILES string of the molecule is CN(c1ccc(CCC2CC2)cc1)c1ccc2c(c1)CCN[C@@H]2CNc1cnccc1C(=O)O. The second-order valence-corrected chi connectivity index (χ2v) is 9.45. The van der Waals surface area contributed by atoms with Crippen LogP contribution >= 0.6 is 0 Å². The molecule has 2 aromatic carbocycles. The minimum atomic E-state index is -0.953. The average Bonchev–Trinajstić information content (AvgIpc) is 3.70. The van der Waals surface area contributed by atoms with Gasteiger partial charge < -0.3 is 20.6 Å². The van der Waals surface area contributed by atoms with Crippen molar-refractivity contribution in [2.45, 2.75) is 38.1 Å². The number of hydrogen-bond donors (Lipinski definition) is 3. The van der Waals surface area contributed by atoms with Crippen molar-refractivity contribution in [3.63, 3.8) is 0 Å². The van der Waals surface area contributed by atoms with Gasteiger partial charge in [-0.3, -0.25) is 4.98 Å². The van der Waals surface area contributed by atoms with E-state index in [1.165, 1.54) is 66.0 Å². The molecule has 2 heterocycles. The van der Waals surface area contributed by atoms with Gasteiger partial charge in [0.2, 0.25) is 0 Å². The van der Waals surface area contributed by atoms with Crippen LogP contribution in [0.3, 0.4) is 0 Å². The third-order valence-electron chi connectivity index (χ3n) is 7.08. The molecule has 0 radical (unpaired) electrons. The number of aromatic nitrogens is 1. The van der Waals surface area contributed by atoms with Crippen molar-refractivity contribution in [2.24, 2.45) is 5.92 Å². The van der Waals surface area contributed by atoms with Crippen LogP contribution in [0.2, 0.25) is 0 Å². The molecule has 0 amide bonds. The Labute approximate surface area is 201 Å². The van der Waals surface area contributed by atoms with Gasteiger partial charge in [-0.05, 0) is 78.7 Å². The number of hydrogen-bond acceptors (Lipinski definition) is 5. The van der Waals surface area contributed by atoms with Crippen molar-refractivity contribution in [3.05, 3.63) is 83.2 Å². The van der Waals surface area contributed by atoms with Gasteiger partial charge in [0.15, 0.2) is 0 Å². The van der Waals surface area contributed by atoms with E-state index in [0.29, 0.717) is 12.2 Å². The molecule has 3 aromatic rings. The van der Waals surface area contributed by atoms with Gasteiger partial charge >= 0.3 is 5.97 Å². The van der Waals surface area contributed by atoms with Crippen LogP contribution in [0.25, 0.3) is 0 Å². The summed E-state index contributed by atoms with van der Waals surface area (Å²) in [5, 5.41) is 16.3. The first-order chi connectivity index (χ1) is 16.6. The highest BCUT2D eigenvalue weighted by molar-refractivity contribution is 5.93. The molecule has 2 aliphatic rings. The number of aromatic carboxylic acids is 1. The normalized spacial score (nSPS) is 17.1. The first-order valence-electron chi connectivity index (χ1n) is 12.2. The Bertz CT molecular complexity index is 1160. The minimum Gasteiger partial charge on any atom is -0.478 e. The predicted octanol–water partition coefficient (Wildman–Crippen LogP) is 5.19. The highest BCUT2D eigenvalue weighted by Gasteiger charge is 2.22. The molecule has 0 bridgehead atoms. The van der Waals surface area contributed by atoms with E-state index in [9.17, 15) is 9.90 Å². The maximum atomic E-state index is 11.5. The lowest BCUT2D eigenvalue weighted by molar-refractivity contribution is 0.0697. The third kappa shape index (κ3) is 5.07. The zero-order valence-electron chi connectivity index (χ0n) is 19.6. The van der Waals surface area contributed by atoms with Gasteiger partial charge in [0.25, 0.3) is 0 Å². The van der Waals surface area contributed by atoms with E-state index in [4.69, 9.17) is 0 Å². The number of carboxylic acids is 1. The van der Waals surface area contributed by atoms with E-state index >= 15 is 0 Å². The van der Waals surface area contributed by atoms with E-state index < -0.39 is 5.97 Å². The van der Waals surface area contributed by atoms with Crippen molar-refractivity contribution in [1.82, 2.24) is 10.3 Å². The Morgan fingerprint density at radius 2 is 1.94 bits per heavy atom. The van der Waals surface area contributed by atoms with Gasteiger partial charge in [-0.15, -0.1) is 0 Å². The number of nitrogens with zero attached hydrogens (tertiary/aromatic N) is 2. The molecule has 176 valence electrons. The van der Waals surface area contributed by atoms with Crippen LogP contribution in [0.15, 0.2) is 60.9 Å². The van der Waals surface area contributed by atoms with Crippen LogP contribution in [0, 0.1) is 5.92 Å². The number of benzene rings is 2. The lowest BCUT2D eigenvalue weighted by atomic mass is 9.93. The minimum absolute atomic E-state index is 0.107. The highest BCUT2D eigenvalue weighted by Crippen LogP contribution is 2.34. The Hall–Kier alpha value is -3.38. The van der Waals surface area contributed by atoms with Crippen LogP contribution in [0.4, 0.5) is 17.1 Å². The second-order valence-electron chi connectivity index (χ2n) is 9.45. The summed E-state index contributed by atoms with van der Waals surface area (Å²) in [7, 11) is 2.12. The second kappa shape index (κ2) is 9.85. The molecule has 34 heavy (non-hydrogen) atoms. The number of aryl methyl sites for hydroxylation is 1. The molecule has 1 atom stereocenters. The number of pyridine rings is 1. The smallest absolute Gasteiger partial charge is 0.337 e.